The van der Waals surface area contributed by atoms with E-state index in [9.17, 15) is 9.90 Å². The summed E-state index contributed by atoms with van der Waals surface area (Å²) in [4.78, 5) is 11.3. The summed E-state index contributed by atoms with van der Waals surface area (Å²) in [5.74, 6) is -0.218. The van der Waals surface area contributed by atoms with Gasteiger partial charge < -0.3 is 5.11 Å². The molecule has 0 atom stereocenters. The fourth-order valence-corrected chi connectivity index (χ4v) is 2.98. The molecule has 0 heterocycles. The molecule has 1 N–H and O–H groups in total. The zero-order chi connectivity index (χ0) is 14.1. The average Bonchev–Trinajstić information content (AvgIpc) is 2.38. The highest BCUT2D eigenvalue weighted by atomic mass is 16.4. The summed E-state index contributed by atoms with van der Waals surface area (Å²) in [6.07, 6.45) is 3.79. The fraction of sp³-hybridized carbons (Fsp3) is 0.278. The molecule has 2 aromatic rings. The second-order valence-corrected chi connectivity index (χ2v) is 5.50. The van der Waals surface area contributed by atoms with Crippen LogP contribution < -0.4 is 0 Å². The average molecular weight is 266 g/mol. The molecule has 1 fully saturated rings. The lowest BCUT2D eigenvalue weighted by Crippen LogP contribution is -2.10. The second-order valence-electron chi connectivity index (χ2n) is 5.50. The van der Waals surface area contributed by atoms with Gasteiger partial charge in [0.2, 0.25) is 0 Å². The van der Waals surface area contributed by atoms with E-state index >= 15 is 0 Å². The van der Waals surface area contributed by atoms with E-state index in [-0.39, 0.29) is 0 Å². The highest BCUT2D eigenvalue weighted by Crippen LogP contribution is 2.41. The molecule has 0 radical (unpaired) electrons. The fourth-order valence-electron chi connectivity index (χ4n) is 2.98. The van der Waals surface area contributed by atoms with Gasteiger partial charge in [0.25, 0.3) is 0 Å². The second kappa shape index (κ2) is 5.12. The molecule has 0 bridgehead atoms. The standard InChI is InChI=1S/C18H18O2/c1-12-14(10-5-11-15(12)18(19)20)17-9-3-2-8-16(17)13-6-4-7-13/h2-3,5,8-11,13H,4,6-7H2,1H3,(H,19,20). The lowest BCUT2D eigenvalue weighted by Gasteiger charge is -2.28. The van der Waals surface area contributed by atoms with Crippen molar-refractivity contribution < 1.29 is 9.90 Å². The summed E-state index contributed by atoms with van der Waals surface area (Å²) in [5, 5.41) is 9.27. The summed E-state index contributed by atoms with van der Waals surface area (Å²) in [6, 6.07) is 13.9. The molecule has 2 aromatic carbocycles. The van der Waals surface area contributed by atoms with Crippen molar-refractivity contribution in [2.75, 3.05) is 0 Å². The van der Waals surface area contributed by atoms with Gasteiger partial charge in [0.15, 0.2) is 0 Å². The van der Waals surface area contributed by atoms with Gasteiger partial charge in [0.05, 0.1) is 5.56 Å². The van der Waals surface area contributed by atoms with Crippen LogP contribution in [0.5, 0.6) is 0 Å². The maximum atomic E-state index is 11.3. The Labute approximate surface area is 119 Å². The summed E-state index contributed by atoms with van der Waals surface area (Å²) < 4.78 is 0. The first-order valence-corrected chi connectivity index (χ1v) is 7.10. The van der Waals surface area contributed by atoms with Crippen LogP contribution in [-0.2, 0) is 0 Å². The van der Waals surface area contributed by atoms with Gasteiger partial charge in [-0.05, 0) is 54.0 Å². The highest BCUT2D eigenvalue weighted by Gasteiger charge is 2.23. The van der Waals surface area contributed by atoms with Gasteiger partial charge in [-0.25, -0.2) is 4.79 Å². The Bertz CT molecular complexity index is 654. The van der Waals surface area contributed by atoms with Crippen LogP contribution in [0, 0.1) is 6.92 Å². The topological polar surface area (TPSA) is 37.3 Å². The van der Waals surface area contributed by atoms with Crippen molar-refractivity contribution in [2.24, 2.45) is 0 Å². The molecule has 0 spiro atoms. The SMILES string of the molecule is Cc1c(C(=O)O)cccc1-c1ccccc1C1CCC1. The molecule has 0 amide bonds. The van der Waals surface area contributed by atoms with Gasteiger partial charge in [-0.2, -0.15) is 0 Å². The van der Waals surface area contributed by atoms with Crippen LogP contribution in [0.3, 0.4) is 0 Å². The Morgan fingerprint density at radius 1 is 1.05 bits per heavy atom. The maximum absolute atomic E-state index is 11.3. The molecule has 1 saturated carbocycles. The number of hydrogen-bond acceptors (Lipinski definition) is 1. The van der Waals surface area contributed by atoms with Crippen LogP contribution >= 0.6 is 0 Å². The Kier molecular flexibility index (Phi) is 3.31. The van der Waals surface area contributed by atoms with Crippen LogP contribution in [0.1, 0.15) is 46.7 Å². The van der Waals surface area contributed by atoms with E-state index in [0.29, 0.717) is 11.5 Å². The van der Waals surface area contributed by atoms with Crippen LogP contribution in [-0.4, -0.2) is 11.1 Å². The molecule has 0 aromatic heterocycles. The van der Waals surface area contributed by atoms with Gasteiger partial charge in [-0.1, -0.05) is 42.8 Å². The minimum Gasteiger partial charge on any atom is -0.478 e. The van der Waals surface area contributed by atoms with Crippen molar-refractivity contribution in [1.82, 2.24) is 0 Å². The lowest BCUT2D eigenvalue weighted by atomic mass is 9.76. The first-order chi connectivity index (χ1) is 9.68. The van der Waals surface area contributed by atoms with E-state index in [0.717, 1.165) is 11.1 Å². The Hall–Kier alpha value is -2.09. The van der Waals surface area contributed by atoms with Crippen molar-refractivity contribution in [3.8, 4) is 11.1 Å². The molecule has 0 unspecified atom stereocenters. The first kappa shape index (κ1) is 12.9. The first-order valence-electron chi connectivity index (χ1n) is 7.10. The largest absolute Gasteiger partial charge is 0.478 e. The monoisotopic (exact) mass is 266 g/mol. The summed E-state index contributed by atoms with van der Waals surface area (Å²) in [6.45, 7) is 1.90. The van der Waals surface area contributed by atoms with Gasteiger partial charge in [0.1, 0.15) is 0 Å². The predicted molar refractivity (Wildman–Crippen MR) is 80.2 cm³/mol. The number of aromatic carboxylic acids is 1. The number of carboxylic acid groups (broad SMARTS) is 1. The molecular formula is C18H18O2. The van der Waals surface area contributed by atoms with E-state index in [1.54, 1.807) is 6.07 Å². The van der Waals surface area contributed by atoms with Gasteiger partial charge in [0, 0.05) is 0 Å². The van der Waals surface area contributed by atoms with Crippen molar-refractivity contribution in [3.05, 3.63) is 59.2 Å². The number of hydrogen-bond donors (Lipinski definition) is 1. The van der Waals surface area contributed by atoms with Crippen molar-refractivity contribution in [1.29, 1.82) is 0 Å². The van der Waals surface area contributed by atoms with E-state index in [4.69, 9.17) is 0 Å². The normalized spacial score (nSPS) is 14.8. The van der Waals surface area contributed by atoms with Crippen LogP contribution in [0.25, 0.3) is 11.1 Å². The zero-order valence-corrected chi connectivity index (χ0v) is 11.6. The number of benzene rings is 2. The number of carbonyl (C=O) groups is 1. The Morgan fingerprint density at radius 2 is 1.75 bits per heavy atom. The van der Waals surface area contributed by atoms with E-state index in [1.165, 1.54) is 30.4 Å². The number of rotatable bonds is 3. The van der Waals surface area contributed by atoms with E-state index in [1.807, 2.05) is 25.1 Å². The van der Waals surface area contributed by atoms with Crippen LogP contribution in [0.2, 0.25) is 0 Å². The van der Waals surface area contributed by atoms with Gasteiger partial charge in [-0.15, -0.1) is 0 Å². The molecule has 2 heteroatoms. The van der Waals surface area contributed by atoms with Crippen molar-refractivity contribution in [3.63, 3.8) is 0 Å². The summed E-state index contributed by atoms with van der Waals surface area (Å²) in [5.41, 5.74) is 4.85. The number of carboxylic acids is 1. The predicted octanol–water partition coefficient (Wildman–Crippen LogP) is 4.63. The molecule has 0 saturated heterocycles. The lowest BCUT2D eigenvalue weighted by molar-refractivity contribution is 0.0696. The van der Waals surface area contributed by atoms with Gasteiger partial charge in [-0.3, -0.25) is 0 Å². The smallest absolute Gasteiger partial charge is 0.335 e. The van der Waals surface area contributed by atoms with Crippen molar-refractivity contribution in [2.45, 2.75) is 32.1 Å². The van der Waals surface area contributed by atoms with E-state index in [2.05, 4.69) is 18.2 Å². The molecule has 2 nitrogen and oxygen atoms in total. The molecule has 1 aliphatic rings. The molecule has 20 heavy (non-hydrogen) atoms. The summed E-state index contributed by atoms with van der Waals surface area (Å²) in [7, 11) is 0. The Balaban J connectivity index is 2.14. The molecule has 0 aliphatic heterocycles. The molecular weight excluding hydrogens is 248 g/mol. The van der Waals surface area contributed by atoms with Crippen molar-refractivity contribution >= 4 is 5.97 Å². The quantitative estimate of drug-likeness (QED) is 0.879. The van der Waals surface area contributed by atoms with Gasteiger partial charge >= 0.3 is 5.97 Å². The summed E-state index contributed by atoms with van der Waals surface area (Å²) >= 11 is 0. The minimum absolute atomic E-state index is 0.394. The zero-order valence-electron chi connectivity index (χ0n) is 11.6. The van der Waals surface area contributed by atoms with Crippen LogP contribution in [0.15, 0.2) is 42.5 Å². The third-order valence-corrected chi connectivity index (χ3v) is 4.36. The molecule has 3 rings (SSSR count). The molecule has 1 aliphatic carbocycles. The third-order valence-electron chi connectivity index (χ3n) is 4.36. The van der Waals surface area contributed by atoms with E-state index < -0.39 is 5.97 Å². The third kappa shape index (κ3) is 2.11. The Morgan fingerprint density at radius 3 is 2.40 bits per heavy atom. The molecule has 102 valence electrons. The maximum Gasteiger partial charge on any atom is 0.335 e. The van der Waals surface area contributed by atoms with Crippen LogP contribution in [0.4, 0.5) is 0 Å². The minimum atomic E-state index is -0.856. The highest BCUT2D eigenvalue weighted by molar-refractivity contribution is 5.92.